The Morgan fingerprint density at radius 2 is 2.03 bits per heavy atom. The van der Waals surface area contributed by atoms with Crippen LogP contribution in [0.2, 0.25) is 0 Å². The van der Waals surface area contributed by atoms with E-state index in [9.17, 15) is 23.8 Å². The zero-order chi connectivity index (χ0) is 22.0. The van der Waals surface area contributed by atoms with Crippen molar-refractivity contribution in [2.45, 2.75) is 37.5 Å². The molecule has 31 heavy (non-hydrogen) atoms. The summed E-state index contributed by atoms with van der Waals surface area (Å²) in [5.74, 6) is -0.00402. The molecule has 4 rings (SSSR count). The highest BCUT2D eigenvalue weighted by Gasteiger charge is 2.49. The van der Waals surface area contributed by atoms with Gasteiger partial charge < -0.3 is 20.3 Å². The number of fused-ring (bicyclic) bond motifs is 1. The van der Waals surface area contributed by atoms with Crippen LogP contribution in [-0.2, 0) is 6.61 Å². The number of hydrogen-bond donors (Lipinski definition) is 5. The molecule has 0 radical (unpaired) electrons. The molecule has 1 aliphatic carbocycles. The van der Waals surface area contributed by atoms with E-state index in [0.717, 1.165) is 5.56 Å². The van der Waals surface area contributed by atoms with E-state index in [2.05, 4.69) is 25.8 Å². The molecule has 2 heterocycles. The normalized spacial score (nSPS) is 15.6. The number of carbonyl (C=O) groups is 1. The van der Waals surface area contributed by atoms with Crippen LogP contribution in [-0.4, -0.2) is 50.1 Å². The summed E-state index contributed by atoms with van der Waals surface area (Å²) in [6.07, 6.45) is -1.54. The van der Waals surface area contributed by atoms with Gasteiger partial charge in [0.25, 0.3) is 6.43 Å². The summed E-state index contributed by atoms with van der Waals surface area (Å²) < 4.78 is 29.8. The smallest absolute Gasteiger partial charge is 0.320 e. The Kier molecular flexibility index (Phi) is 5.70. The highest BCUT2D eigenvalue weighted by Crippen LogP contribution is 2.45. The molecule has 2 amide bonds. The van der Waals surface area contributed by atoms with E-state index in [1.807, 2.05) is 30.3 Å². The number of nitrogens with zero attached hydrogens (tertiary/aromatic N) is 2. The first kappa shape index (κ1) is 20.9. The third-order valence-corrected chi connectivity index (χ3v) is 5.03. The molecule has 1 unspecified atom stereocenters. The van der Waals surface area contributed by atoms with Gasteiger partial charge in [0.2, 0.25) is 5.88 Å². The molecule has 0 saturated heterocycles. The fourth-order valence-corrected chi connectivity index (χ4v) is 3.39. The topological polar surface area (TPSA) is 132 Å². The number of amides is 2. The Hall–Kier alpha value is -3.31. The maximum Gasteiger partial charge on any atom is 0.320 e. The molecule has 1 atom stereocenters. The van der Waals surface area contributed by atoms with Gasteiger partial charge in [0.1, 0.15) is 5.82 Å². The number of aromatic nitrogens is 3. The van der Waals surface area contributed by atoms with Gasteiger partial charge in [-0.3, -0.25) is 10.4 Å². The van der Waals surface area contributed by atoms with Crippen molar-refractivity contribution < 1.29 is 28.5 Å². The van der Waals surface area contributed by atoms with Crippen LogP contribution in [0.15, 0.2) is 36.4 Å². The number of aromatic amines is 1. The number of hydrogen-bond acceptors (Lipinski definition) is 6. The minimum Gasteiger partial charge on any atom is -0.470 e. The third-order valence-electron chi connectivity index (χ3n) is 5.03. The Balaban J connectivity index is 1.53. The summed E-state index contributed by atoms with van der Waals surface area (Å²) >= 11 is 0. The molecule has 1 aliphatic rings. The summed E-state index contributed by atoms with van der Waals surface area (Å²) in [6, 6.07) is 9.37. The summed E-state index contributed by atoms with van der Waals surface area (Å²) in [4.78, 5) is 16.8. The average molecular weight is 433 g/mol. The number of anilines is 1. The molecular formula is C20H21F2N5O4. The van der Waals surface area contributed by atoms with Crippen LogP contribution >= 0.6 is 0 Å². The number of nitrogens with one attached hydrogen (secondary N) is 3. The van der Waals surface area contributed by atoms with Gasteiger partial charge in [-0.1, -0.05) is 30.3 Å². The van der Waals surface area contributed by atoms with E-state index in [1.165, 1.54) is 6.07 Å². The zero-order valence-electron chi connectivity index (χ0n) is 16.3. The molecule has 5 N–H and O–H groups in total. The fourth-order valence-electron chi connectivity index (χ4n) is 3.39. The molecule has 0 bridgehead atoms. The number of aliphatic hydroxyl groups excluding tert-OH is 1. The largest absolute Gasteiger partial charge is 0.470 e. The number of rotatable bonds is 8. The third kappa shape index (κ3) is 4.57. The van der Waals surface area contributed by atoms with Crippen LogP contribution in [0, 0.1) is 0 Å². The van der Waals surface area contributed by atoms with Crippen molar-refractivity contribution in [2.75, 3.05) is 11.9 Å². The lowest BCUT2D eigenvalue weighted by molar-refractivity contribution is 0.0802. The molecule has 11 heteroatoms. The number of urea groups is 1. The molecule has 3 aromatic rings. The highest BCUT2D eigenvalue weighted by molar-refractivity contribution is 5.93. The number of alkyl halides is 2. The van der Waals surface area contributed by atoms with Crippen molar-refractivity contribution in [3.8, 4) is 5.88 Å². The maximum atomic E-state index is 12.6. The van der Waals surface area contributed by atoms with Crippen LogP contribution in [0.25, 0.3) is 10.9 Å². The maximum absolute atomic E-state index is 12.6. The summed E-state index contributed by atoms with van der Waals surface area (Å²) in [6.45, 7) is -1.37. The molecular weight excluding hydrogens is 412 g/mol. The second-order valence-corrected chi connectivity index (χ2v) is 7.31. The minimum atomic E-state index is -2.68. The molecule has 2 aromatic heterocycles. The lowest BCUT2D eigenvalue weighted by atomic mass is 10.00. The average Bonchev–Trinajstić information content (AvgIpc) is 3.37. The second-order valence-electron chi connectivity index (χ2n) is 7.31. The SMILES string of the molecule is O=C(Nc1cc2[nH]nc(OCC(F)F)c2c(CO)n1)NC(c1ccccc1)C1(O)CC1. The lowest BCUT2D eigenvalue weighted by Gasteiger charge is -2.24. The molecule has 1 saturated carbocycles. The van der Waals surface area contributed by atoms with Crippen molar-refractivity contribution in [1.82, 2.24) is 20.5 Å². The summed E-state index contributed by atoms with van der Waals surface area (Å²) in [5, 5.41) is 32.3. The van der Waals surface area contributed by atoms with Crippen LogP contribution in [0.4, 0.5) is 19.4 Å². The Labute approximate surface area is 175 Å². The van der Waals surface area contributed by atoms with E-state index in [0.29, 0.717) is 18.4 Å². The molecule has 1 aromatic carbocycles. The summed E-state index contributed by atoms with van der Waals surface area (Å²) in [5.41, 5.74) is 0.212. The van der Waals surface area contributed by atoms with Crippen molar-refractivity contribution in [1.29, 1.82) is 0 Å². The number of ether oxygens (including phenoxy) is 1. The minimum absolute atomic E-state index is 0.103. The predicted octanol–water partition coefficient (Wildman–Crippen LogP) is 2.48. The van der Waals surface area contributed by atoms with Gasteiger partial charge in [0.15, 0.2) is 6.61 Å². The van der Waals surface area contributed by atoms with Gasteiger partial charge in [-0.15, -0.1) is 5.10 Å². The first-order valence-electron chi connectivity index (χ1n) is 9.64. The van der Waals surface area contributed by atoms with Crippen LogP contribution in [0.3, 0.4) is 0 Å². The van der Waals surface area contributed by atoms with Gasteiger partial charge >= 0.3 is 6.03 Å². The zero-order valence-corrected chi connectivity index (χ0v) is 16.3. The Morgan fingerprint density at radius 1 is 1.29 bits per heavy atom. The summed E-state index contributed by atoms with van der Waals surface area (Å²) in [7, 11) is 0. The lowest BCUT2D eigenvalue weighted by Crippen LogP contribution is -2.40. The van der Waals surface area contributed by atoms with Gasteiger partial charge in [0.05, 0.1) is 34.8 Å². The van der Waals surface area contributed by atoms with Crippen molar-refractivity contribution >= 4 is 22.8 Å². The molecule has 9 nitrogen and oxygen atoms in total. The number of H-pyrrole nitrogens is 1. The van der Waals surface area contributed by atoms with Gasteiger partial charge in [-0.25, -0.2) is 18.6 Å². The van der Waals surface area contributed by atoms with E-state index < -0.39 is 37.3 Å². The molecule has 0 aliphatic heterocycles. The number of halogens is 2. The first-order chi connectivity index (χ1) is 14.9. The number of pyridine rings is 1. The molecule has 164 valence electrons. The quantitative estimate of drug-likeness (QED) is 0.371. The van der Waals surface area contributed by atoms with Crippen LogP contribution < -0.4 is 15.4 Å². The van der Waals surface area contributed by atoms with Crippen molar-refractivity contribution in [3.05, 3.63) is 47.7 Å². The first-order valence-corrected chi connectivity index (χ1v) is 9.64. The van der Waals surface area contributed by atoms with E-state index in [-0.39, 0.29) is 22.8 Å². The van der Waals surface area contributed by atoms with Crippen LogP contribution in [0.5, 0.6) is 5.88 Å². The van der Waals surface area contributed by atoms with Gasteiger partial charge in [0, 0.05) is 6.07 Å². The van der Waals surface area contributed by atoms with E-state index in [1.54, 1.807) is 0 Å². The number of aliphatic hydroxyl groups is 2. The Bertz CT molecular complexity index is 1070. The van der Waals surface area contributed by atoms with Crippen LogP contribution in [0.1, 0.15) is 30.1 Å². The highest BCUT2D eigenvalue weighted by atomic mass is 19.3. The molecule has 1 fully saturated rings. The number of benzene rings is 1. The second kappa shape index (κ2) is 8.44. The monoisotopic (exact) mass is 433 g/mol. The van der Waals surface area contributed by atoms with Gasteiger partial charge in [-0.2, -0.15) is 0 Å². The van der Waals surface area contributed by atoms with Crippen molar-refractivity contribution in [2.24, 2.45) is 0 Å². The molecule has 0 spiro atoms. The Morgan fingerprint density at radius 3 is 2.68 bits per heavy atom. The van der Waals surface area contributed by atoms with Gasteiger partial charge in [-0.05, 0) is 18.4 Å². The van der Waals surface area contributed by atoms with E-state index in [4.69, 9.17) is 4.74 Å². The van der Waals surface area contributed by atoms with Crippen molar-refractivity contribution in [3.63, 3.8) is 0 Å². The predicted molar refractivity (Wildman–Crippen MR) is 107 cm³/mol. The fraction of sp³-hybridized carbons (Fsp3) is 0.350. The standard InChI is InChI=1S/C20H21F2N5O4/c21-14(22)10-31-18-16-12(26-27-18)8-15(23-13(16)9-28)24-19(29)25-17(20(30)6-7-20)11-4-2-1-3-5-11/h1-5,8,14,17,28,30H,6-7,9-10H2,(H,26,27)(H2,23,24,25,29). The number of carbonyl (C=O) groups excluding carboxylic acids is 1. The van der Waals surface area contributed by atoms with E-state index >= 15 is 0 Å².